The first-order valence-electron chi connectivity index (χ1n) is 6.01. The number of carbonyl (C=O) groups is 2. The summed E-state index contributed by atoms with van der Waals surface area (Å²) >= 11 is 0. The molecule has 1 aromatic carbocycles. The minimum atomic E-state index is -0.419. The van der Waals surface area contributed by atoms with Gasteiger partial charge >= 0.3 is 5.97 Å². The molecule has 0 spiro atoms. The largest absolute Gasteiger partial charge is 0.463 e. The highest BCUT2D eigenvalue weighted by molar-refractivity contribution is 5.88. The van der Waals surface area contributed by atoms with E-state index in [9.17, 15) is 9.59 Å². The number of hydrogen-bond donors (Lipinski definition) is 0. The molecule has 0 saturated heterocycles. The second kappa shape index (κ2) is 7.43. The number of ether oxygens (including phenoxy) is 1. The van der Waals surface area contributed by atoms with E-state index in [-0.39, 0.29) is 5.92 Å². The quantitative estimate of drug-likeness (QED) is 0.422. The molecule has 0 heterocycles. The van der Waals surface area contributed by atoms with Crippen molar-refractivity contribution in [1.82, 2.24) is 0 Å². The Labute approximate surface area is 107 Å². The van der Waals surface area contributed by atoms with Crippen molar-refractivity contribution in [1.29, 1.82) is 0 Å². The van der Waals surface area contributed by atoms with E-state index in [4.69, 9.17) is 4.74 Å². The molecule has 0 aliphatic rings. The van der Waals surface area contributed by atoms with Gasteiger partial charge in [-0.3, -0.25) is 0 Å². The molecule has 0 bridgehead atoms. The van der Waals surface area contributed by atoms with E-state index < -0.39 is 5.97 Å². The fourth-order valence-electron chi connectivity index (χ4n) is 1.72. The maximum atomic E-state index is 11.4. The van der Waals surface area contributed by atoms with Crippen LogP contribution in [0.5, 0.6) is 0 Å². The smallest absolute Gasteiger partial charge is 0.333 e. The molecule has 0 aliphatic carbocycles. The van der Waals surface area contributed by atoms with Crippen LogP contribution in [-0.2, 0) is 20.7 Å². The lowest BCUT2D eigenvalue weighted by Gasteiger charge is -2.11. The molecule has 1 atom stereocenters. The zero-order chi connectivity index (χ0) is 13.4. The van der Waals surface area contributed by atoms with Gasteiger partial charge in [-0.1, -0.05) is 36.9 Å². The maximum absolute atomic E-state index is 11.4. The Morgan fingerprint density at radius 3 is 2.61 bits per heavy atom. The highest BCUT2D eigenvalue weighted by atomic mass is 16.5. The lowest BCUT2D eigenvalue weighted by molar-refractivity contribution is -0.138. The van der Waals surface area contributed by atoms with E-state index in [0.29, 0.717) is 25.0 Å². The summed E-state index contributed by atoms with van der Waals surface area (Å²) in [5, 5.41) is 0. The predicted molar refractivity (Wildman–Crippen MR) is 70.1 cm³/mol. The Morgan fingerprint density at radius 2 is 2.06 bits per heavy atom. The number of hydrogen-bond acceptors (Lipinski definition) is 3. The summed E-state index contributed by atoms with van der Waals surface area (Å²) in [5.74, 6) is -0.651. The monoisotopic (exact) mass is 246 g/mol. The number of rotatable bonds is 7. The SMILES string of the molecule is C=C(C[C@H](C=O)Cc1ccccc1)C(=O)OCC. The van der Waals surface area contributed by atoms with Gasteiger partial charge in [-0.05, 0) is 25.3 Å². The van der Waals surface area contributed by atoms with Crippen molar-refractivity contribution in [3.05, 3.63) is 48.0 Å². The average molecular weight is 246 g/mol. The van der Waals surface area contributed by atoms with Gasteiger partial charge in [0.15, 0.2) is 0 Å². The lowest BCUT2D eigenvalue weighted by Crippen LogP contribution is -2.13. The van der Waals surface area contributed by atoms with E-state index in [0.717, 1.165) is 11.8 Å². The highest BCUT2D eigenvalue weighted by Gasteiger charge is 2.15. The van der Waals surface area contributed by atoms with Crippen LogP contribution in [0.3, 0.4) is 0 Å². The molecule has 3 nitrogen and oxygen atoms in total. The molecule has 0 N–H and O–H groups in total. The predicted octanol–water partition coefficient (Wildman–Crippen LogP) is 2.55. The van der Waals surface area contributed by atoms with Gasteiger partial charge in [0, 0.05) is 11.5 Å². The molecule has 0 saturated carbocycles. The second-order valence-corrected chi connectivity index (χ2v) is 4.11. The number of benzene rings is 1. The molecule has 18 heavy (non-hydrogen) atoms. The van der Waals surface area contributed by atoms with Crippen LogP contribution in [-0.4, -0.2) is 18.9 Å². The summed E-state index contributed by atoms with van der Waals surface area (Å²) in [7, 11) is 0. The van der Waals surface area contributed by atoms with Crippen molar-refractivity contribution in [2.24, 2.45) is 5.92 Å². The Hall–Kier alpha value is -1.90. The molecule has 0 aromatic heterocycles. The van der Waals surface area contributed by atoms with Crippen LogP contribution in [0.1, 0.15) is 18.9 Å². The molecular formula is C15H18O3. The van der Waals surface area contributed by atoms with Crippen molar-refractivity contribution in [2.45, 2.75) is 19.8 Å². The topological polar surface area (TPSA) is 43.4 Å². The van der Waals surface area contributed by atoms with Crippen LogP contribution in [0.15, 0.2) is 42.5 Å². The molecule has 3 heteroatoms. The summed E-state index contributed by atoms with van der Waals surface area (Å²) in [6.45, 7) is 5.73. The van der Waals surface area contributed by atoms with Crippen molar-refractivity contribution in [3.63, 3.8) is 0 Å². The Bertz CT molecular complexity index is 409. The van der Waals surface area contributed by atoms with Crippen LogP contribution in [0.4, 0.5) is 0 Å². The van der Waals surface area contributed by atoms with Crippen LogP contribution in [0, 0.1) is 5.92 Å². The summed E-state index contributed by atoms with van der Waals surface area (Å²) in [6.07, 6.45) is 1.83. The van der Waals surface area contributed by atoms with Crippen LogP contribution < -0.4 is 0 Å². The van der Waals surface area contributed by atoms with Gasteiger partial charge < -0.3 is 9.53 Å². The molecule has 0 amide bonds. The van der Waals surface area contributed by atoms with Gasteiger partial charge in [0.2, 0.25) is 0 Å². The third-order valence-corrected chi connectivity index (χ3v) is 2.61. The first-order valence-corrected chi connectivity index (χ1v) is 6.01. The van der Waals surface area contributed by atoms with Crippen molar-refractivity contribution in [3.8, 4) is 0 Å². The van der Waals surface area contributed by atoms with Gasteiger partial charge in [-0.25, -0.2) is 4.79 Å². The van der Waals surface area contributed by atoms with E-state index in [1.54, 1.807) is 6.92 Å². The fraction of sp³-hybridized carbons (Fsp3) is 0.333. The van der Waals surface area contributed by atoms with Gasteiger partial charge in [0.1, 0.15) is 6.29 Å². The first kappa shape index (κ1) is 14.2. The van der Waals surface area contributed by atoms with Crippen LogP contribution in [0.25, 0.3) is 0 Å². The van der Waals surface area contributed by atoms with E-state index >= 15 is 0 Å². The van der Waals surface area contributed by atoms with Crippen molar-refractivity contribution < 1.29 is 14.3 Å². The van der Waals surface area contributed by atoms with E-state index in [1.807, 2.05) is 30.3 Å². The normalized spacial score (nSPS) is 11.6. The van der Waals surface area contributed by atoms with Gasteiger partial charge in [-0.15, -0.1) is 0 Å². The van der Waals surface area contributed by atoms with E-state index in [1.165, 1.54) is 0 Å². The molecule has 96 valence electrons. The molecular weight excluding hydrogens is 228 g/mol. The van der Waals surface area contributed by atoms with Crippen LogP contribution in [0.2, 0.25) is 0 Å². The van der Waals surface area contributed by atoms with Crippen molar-refractivity contribution >= 4 is 12.3 Å². The Balaban J connectivity index is 2.55. The fourth-order valence-corrected chi connectivity index (χ4v) is 1.72. The zero-order valence-electron chi connectivity index (χ0n) is 10.6. The molecule has 1 aromatic rings. The van der Waals surface area contributed by atoms with E-state index in [2.05, 4.69) is 6.58 Å². The number of esters is 1. The first-order chi connectivity index (χ1) is 8.67. The molecule has 1 rings (SSSR count). The standard InChI is InChI=1S/C15H18O3/c1-3-18-15(17)12(2)9-14(11-16)10-13-7-5-4-6-8-13/h4-8,11,14H,2-3,9-10H2,1H3/t14-/m0/s1. The van der Waals surface area contributed by atoms with Gasteiger partial charge in [0.05, 0.1) is 6.61 Å². The zero-order valence-corrected chi connectivity index (χ0v) is 10.6. The highest BCUT2D eigenvalue weighted by Crippen LogP contribution is 2.15. The second-order valence-electron chi connectivity index (χ2n) is 4.11. The lowest BCUT2D eigenvalue weighted by atomic mass is 9.94. The molecule has 0 radical (unpaired) electrons. The molecule has 0 aliphatic heterocycles. The third-order valence-electron chi connectivity index (χ3n) is 2.61. The number of carbonyl (C=O) groups excluding carboxylic acids is 2. The van der Waals surface area contributed by atoms with Gasteiger partial charge in [-0.2, -0.15) is 0 Å². The minimum Gasteiger partial charge on any atom is -0.463 e. The minimum absolute atomic E-state index is 0.232. The third kappa shape index (κ3) is 4.53. The average Bonchev–Trinajstić information content (AvgIpc) is 2.39. The van der Waals surface area contributed by atoms with Crippen molar-refractivity contribution in [2.75, 3.05) is 6.61 Å². The van der Waals surface area contributed by atoms with Gasteiger partial charge in [0.25, 0.3) is 0 Å². The molecule has 0 fully saturated rings. The summed E-state index contributed by atoms with van der Waals surface area (Å²) in [4.78, 5) is 22.4. The number of aldehydes is 1. The molecule has 0 unspecified atom stereocenters. The van der Waals surface area contributed by atoms with Crippen LogP contribution >= 0.6 is 0 Å². The summed E-state index contributed by atoms with van der Waals surface area (Å²) < 4.78 is 4.84. The Kier molecular flexibility index (Phi) is 5.85. The Morgan fingerprint density at radius 1 is 1.39 bits per heavy atom. The maximum Gasteiger partial charge on any atom is 0.333 e. The summed E-state index contributed by atoms with van der Waals surface area (Å²) in [5.41, 5.74) is 1.43. The summed E-state index contributed by atoms with van der Waals surface area (Å²) in [6, 6.07) is 9.71.